The second kappa shape index (κ2) is 8.82. The zero-order valence-corrected chi connectivity index (χ0v) is 23.7. The van der Waals surface area contributed by atoms with Crippen LogP contribution in [0.1, 0.15) is 0 Å². The summed E-state index contributed by atoms with van der Waals surface area (Å²) in [5.41, 5.74) is 9.55. The van der Waals surface area contributed by atoms with Crippen molar-refractivity contribution < 1.29 is 9.47 Å². The van der Waals surface area contributed by atoms with Crippen molar-refractivity contribution in [1.29, 1.82) is 0 Å². The van der Waals surface area contributed by atoms with Gasteiger partial charge in [-0.05, 0) is 79.2 Å². The summed E-state index contributed by atoms with van der Waals surface area (Å²) in [5.74, 6) is 3.63. The Morgan fingerprint density at radius 1 is 0.227 bits per heavy atom. The largest absolute Gasteiger partial charge is 0.456 e. The summed E-state index contributed by atoms with van der Waals surface area (Å²) in [6.45, 7) is 0. The van der Waals surface area contributed by atoms with Crippen LogP contribution in [0.5, 0.6) is 23.0 Å². The van der Waals surface area contributed by atoms with E-state index in [9.17, 15) is 0 Å². The summed E-state index contributed by atoms with van der Waals surface area (Å²) >= 11 is 0. The predicted molar refractivity (Wildman–Crippen MR) is 181 cm³/mol. The zero-order valence-electron chi connectivity index (χ0n) is 23.7. The van der Waals surface area contributed by atoms with Gasteiger partial charge in [-0.1, -0.05) is 121 Å². The van der Waals surface area contributed by atoms with Crippen molar-refractivity contribution in [3.05, 3.63) is 146 Å². The molecule has 2 heterocycles. The molecule has 8 aromatic rings. The van der Waals surface area contributed by atoms with E-state index >= 15 is 0 Å². The number of hydrogen-bond acceptors (Lipinski definition) is 2. The van der Waals surface area contributed by atoms with E-state index in [1.54, 1.807) is 0 Å². The topological polar surface area (TPSA) is 18.5 Å². The zero-order chi connectivity index (χ0) is 28.8. The SMILES string of the molecule is c1ccc2c(c1)Oc1ccc(-c3cccc4c(-c5ccc6c7c(cccc57)Oc5ccccc5-6)cccc34)c3cccc-2c13. The average molecular weight is 561 g/mol. The van der Waals surface area contributed by atoms with Gasteiger partial charge < -0.3 is 9.47 Å². The molecule has 0 bridgehead atoms. The molecule has 0 aromatic heterocycles. The van der Waals surface area contributed by atoms with Crippen LogP contribution in [0.25, 0.3) is 76.8 Å². The van der Waals surface area contributed by atoms with Crippen LogP contribution in [0.15, 0.2) is 146 Å². The molecule has 2 heteroatoms. The van der Waals surface area contributed by atoms with Gasteiger partial charge in [0.1, 0.15) is 23.0 Å². The van der Waals surface area contributed by atoms with Crippen molar-refractivity contribution in [2.75, 3.05) is 0 Å². The van der Waals surface area contributed by atoms with E-state index in [4.69, 9.17) is 9.47 Å². The maximum Gasteiger partial charge on any atom is 0.135 e. The fourth-order valence-electron chi connectivity index (χ4n) is 7.41. The van der Waals surface area contributed by atoms with Crippen LogP contribution < -0.4 is 9.47 Å². The van der Waals surface area contributed by atoms with Crippen molar-refractivity contribution in [3.63, 3.8) is 0 Å². The van der Waals surface area contributed by atoms with E-state index < -0.39 is 0 Å². The number of ether oxygens (including phenoxy) is 2. The van der Waals surface area contributed by atoms with Gasteiger partial charge in [-0.25, -0.2) is 0 Å². The third-order valence-electron chi connectivity index (χ3n) is 9.30. The van der Waals surface area contributed by atoms with Crippen molar-refractivity contribution in [1.82, 2.24) is 0 Å². The first-order valence-corrected chi connectivity index (χ1v) is 15.0. The van der Waals surface area contributed by atoms with E-state index in [2.05, 4.69) is 121 Å². The van der Waals surface area contributed by atoms with Gasteiger partial charge in [0.05, 0.1) is 0 Å². The van der Waals surface area contributed by atoms with Crippen molar-refractivity contribution >= 4 is 32.3 Å². The fourth-order valence-corrected chi connectivity index (χ4v) is 7.41. The molecule has 0 radical (unpaired) electrons. The van der Waals surface area contributed by atoms with Gasteiger partial charge in [-0.15, -0.1) is 0 Å². The summed E-state index contributed by atoms with van der Waals surface area (Å²) in [5, 5.41) is 7.19. The molecule has 2 nitrogen and oxygen atoms in total. The molecular formula is C42H24O2. The van der Waals surface area contributed by atoms with Crippen molar-refractivity contribution in [2.45, 2.75) is 0 Å². The first kappa shape index (κ1) is 23.7. The third-order valence-corrected chi connectivity index (χ3v) is 9.30. The average Bonchev–Trinajstić information content (AvgIpc) is 3.08. The minimum Gasteiger partial charge on any atom is -0.456 e. The fraction of sp³-hybridized carbons (Fsp3) is 0. The minimum absolute atomic E-state index is 0.907. The van der Waals surface area contributed by atoms with Gasteiger partial charge in [0.25, 0.3) is 0 Å². The number of fused-ring (bicyclic) bond motifs is 5. The van der Waals surface area contributed by atoms with Crippen LogP contribution in [0.2, 0.25) is 0 Å². The van der Waals surface area contributed by atoms with Crippen molar-refractivity contribution in [2.24, 2.45) is 0 Å². The Kier molecular flexibility index (Phi) is 4.75. The molecule has 0 aliphatic carbocycles. The number of benzene rings is 8. The summed E-state index contributed by atoms with van der Waals surface area (Å²) in [6.07, 6.45) is 0. The molecule has 8 aromatic carbocycles. The van der Waals surface area contributed by atoms with Gasteiger partial charge >= 0.3 is 0 Å². The first-order valence-electron chi connectivity index (χ1n) is 15.0. The summed E-state index contributed by atoms with van der Waals surface area (Å²) in [6, 6.07) is 51.8. The molecule has 204 valence electrons. The smallest absolute Gasteiger partial charge is 0.135 e. The Morgan fingerprint density at radius 2 is 0.591 bits per heavy atom. The molecule has 10 rings (SSSR count). The maximum absolute atomic E-state index is 6.39. The molecule has 2 aliphatic rings. The second-order valence-electron chi connectivity index (χ2n) is 11.6. The highest BCUT2D eigenvalue weighted by Gasteiger charge is 2.24. The lowest BCUT2D eigenvalue weighted by Crippen LogP contribution is -1.98. The molecule has 0 N–H and O–H groups in total. The Bertz CT molecular complexity index is 2380. The van der Waals surface area contributed by atoms with Crippen LogP contribution in [0.4, 0.5) is 0 Å². The molecule has 0 atom stereocenters. The molecule has 0 amide bonds. The normalized spacial score (nSPS) is 12.5. The van der Waals surface area contributed by atoms with Gasteiger partial charge in [-0.2, -0.15) is 0 Å². The van der Waals surface area contributed by atoms with E-state index in [0.717, 1.165) is 34.1 Å². The molecule has 0 fully saturated rings. The lowest BCUT2D eigenvalue weighted by atomic mass is 9.86. The molecule has 0 unspecified atom stereocenters. The number of rotatable bonds is 2. The highest BCUT2D eigenvalue weighted by Crippen LogP contribution is 2.51. The third kappa shape index (κ3) is 3.20. The van der Waals surface area contributed by atoms with Crippen molar-refractivity contribution in [3.8, 4) is 67.5 Å². The molecule has 0 saturated heterocycles. The van der Waals surface area contributed by atoms with E-state index in [1.165, 1.54) is 65.7 Å². The first-order chi connectivity index (χ1) is 21.8. The molecule has 0 spiro atoms. The van der Waals surface area contributed by atoms with Gasteiger partial charge in [0.15, 0.2) is 0 Å². The van der Waals surface area contributed by atoms with Crippen LogP contribution in [0.3, 0.4) is 0 Å². The van der Waals surface area contributed by atoms with Gasteiger partial charge in [-0.3, -0.25) is 0 Å². The van der Waals surface area contributed by atoms with Crippen LogP contribution >= 0.6 is 0 Å². The highest BCUT2D eigenvalue weighted by molar-refractivity contribution is 6.17. The summed E-state index contributed by atoms with van der Waals surface area (Å²) in [7, 11) is 0. The quantitative estimate of drug-likeness (QED) is 0.209. The van der Waals surface area contributed by atoms with E-state index in [0.29, 0.717) is 0 Å². The lowest BCUT2D eigenvalue weighted by Gasteiger charge is -2.23. The number of hydrogen-bond donors (Lipinski definition) is 0. The Labute approximate surface area is 254 Å². The summed E-state index contributed by atoms with van der Waals surface area (Å²) < 4.78 is 12.8. The monoisotopic (exact) mass is 560 g/mol. The van der Waals surface area contributed by atoms with Gasteiger partial charge in [0, 0.05) is 21.9 Å². The van der Waals surface area contributed by atoms with Crippen LogP contribution in [-0.4, -0.2) is 0 Å². The Balaban J connectivity index is 1.20. The van der Waals surface area contributed by atoms with Crippen LogP contribution in [0, 0.1) is 0 Å². The van der Waals surface area contributed by atoms with E-state index in [1.807, 2.05) is 24.3 Å². The van der Waals surface area contributed by atoms with E-state index in [-0.39, 0.29) is 0 Å². The minimum atomic E-state index is 0.907. The Morgan fingerprint density at radius 3 is 1.20 bits per heavy atom. The standard InChI is InChI=1S/C42H24O2/c1-3-18-37-31(9-1)35-16-7-15-33-30(23-24-40(44-37)41(33)35)28-14-6-11-25-26(28)12-5-13-27(25)29-21-22-36-32-10-2-4-19-38(32)43-39-20-8-17-34(29)42(36)39/h1-24H. The lowest BCUT2D eigenvalue weighted by molar-refractivity contribution is 0.487. The maximum atomic E-state index is 6.39. The number of para-hydroxylation sites is 2. The second-order valence-corrected chi connectivity index (χ2v) is 11.6. The Hall–Kier alpha value is -5.86. The molecule has 0 saturated carbocycles. The highest BCUT2D eigenvalue weighted by atomic mass is 16.5. The predicted octanol–water partition coefficient (Wildman–Crippen LogP) is 12.0. The molecule has 2 aliphatic heterocycles. The van der Waals surface area contributed by atoms with Gasteiger partial charge in [0.2, 0.25) is 0 Å². The summed E-state index contributed by atoms with van der Waals surface area (Å²) in [4.78, 5) is 0. The van der Waals surface area contributed by atoms with Crippen LogP contribution in [-0.2, 0) is 0 Å². The molecule has 44 heavy (non-hydrogen) atoms. The molecular weight excluding hydrogens is 536 g/mol.